The Morgan fingerprint density at radius 2 is 1.70 bits per heavy atom. The predicted octanol–water partition coefficient (Wildman–Crippen LogP) is 3.09. The lowest BCUT2D eigenvalue weighted by Crippen LogP contribution is -2.39. The van der Waals surface area contributed by atoms with Crippen LogP contribution in [0.4, 0.5) is 10.5 Å². The first kappa shape index (κ1) is 22.7. The highest BCUT2D eigenvalue weighted by atomic mass is 16.6. The molecule has 8 heteroatoms. The SMILES string of the molecule is COc1ccccc1C(=O)Nc1cccc(CNC(=O)CNC(=O)OC(C)(C)C)c1. The fourth-order valence-corrected chi connectivity index (χ4v) is 2.52. The number of carbonyl (C=O) groups excluding carboxylic acids is 3. The van der Waals surface area contributed by atoms with Crippen LogP contribution in [0, 0.1) is 0 Å². The third-order valence-corrected chi connectivity index (χ3v) is 3.82. The molecule has 8 nitrogen and oxygen atoms in total. The van der Waals surface area contributed by atoms with E-state index in [1.165, 1.54) is 7.11 Å². The van der Waals surface area contributed by atoms with Gasteiger partial charge in [0.2, 0.25) is 5.91 Å². The van der Waals surface area contributed by atoms with Crippen LogP contribution in [-0.4, -0.2) is 37.2 Å². The second kappa shape index (κ2) is 10.3. The Hall–Kier alpha value is -3.55. The molecule has 2 aromatic rings. The van der Waals surface area contributed by atoms with Crippen molar-refractivity contribution in [1.29, 1.82) is 0 Å². The molecule has 160 valence electrons. The molecule has 0 saturated carbocycles. The molecule has 0 aromatic heterocycles. The molecule has 3 N–H and O–H groups in total. The van der Waals surface area contributed by atoms with E-state index in [0.717, 1.165) is 5.56 Å². The molecule has 0 fully saturated rings. The molecular formula is C22H27N3O5. The van der Waals surface area contributed by atoms with E-state index >= 15 is 0 Å². The second-order valence-corrected chi connectivity index (χ2v) is 7.49. The summed E-state index contributed by atoms with van der Waals surface area (Å²) in [4.78, 5) is 36.0. The summed E-state index contributed by atoms with van der Waals surface area (Å²) in [5.41, 5.74) is 1.17. The first-order chi connectivity index (χ1) is 14.2. The molecule has 30 heavy (non-hydrogen) atoms. The first-order valence-electron chi connectivity index (χ1n) is 9.45. The zero-order valence-corrected chi connectivity index (χ0v) is 17.6. The lowest BCUT2D eigenvalue weighted by Gasteiger charge is -2.19. The maximum atomic E-state index is 12.5. The Kier molecular flexibility index (Phi) is 7.80. The van der Waals surface area contributed by atoms with Crippen LogP contribution in [0.25, 0.3) is 0 Å². The van der Waals surface area contributed by atoms with E-state index in [2.05, 4.69) is 16.0 Å². The van der Waals surface area contributed by atoms with E-state index < -0.39 is 11.7 Å². The summed E-state index contributed by atoms with van der Waals surface area (Å²) >= 11 is 0. The Morgan fingerprint density at radius 1 is 0.967 bits per heavy atom. The van der Waals surface area contributed by atoms with Gasteiger partial charge in [0.05, 0.1) is 12.7 Å². The lowest BCUT2D eigenvalue weighted by molar-refractivity contribution is -0.120. The van der Waals surface area contributed by atoms with Gasteiger partial charge in [0.15, 0.2) is 0 Å². The van der Waals surface area contributed by atoms with Crippen LogP contribution in [-0.2, 0) is 16.1 Å². The minimum atomic E-state index is -0.654. The number of alkyl carbamates (subject to hydrolysis) is 1. The van der Waals surface area contributed by atoms with Crippen LogP contribution >= 0.6 is 0 Å². The minimum Gasteiger partial charge on any atom is -0.496 e. The van der Waals surface area contributed by atoms with E-state index in [1.807, 2.05) is 6.07 Å². The molecule has 0 unspecified atom stereocenters. The molecule has 2 rings (SSSR count). The Balaban J connectivity index is 1.87. The van der Waals surface area contributed by atoms with Crippen molar-refractivity contribution in [2.75, 3.05) is 19.0 Å². The highest BCUT2D eigenvalue weighted by Gasteiger charge is 2.16. The average molecular weight is 413 g/mol. The maximum absolute atomic E-state index is 12.5. The van der Waals surface area contributed by atoms with Crippen molar-refractivity contribution in [3.63, 3.8) is 0 Å². The predicted molar refractivity (Wildman–Crippen MR) is 113 cm³/mol. The number of amides is 3. The number of methoxy groups -OCH3 is 1. The van der Waals surface area contributed by atoms with Gasteiger partial charge in [0.1, 0.15) is 17.9 Å². The van der Waals surface area contributed by atoms with Gasteiger partial charge < -0.3 is 25.4 Å². The highest BCUT2D eigenvalue weighted by molar-refractivity contribution is 6.06. The Morgan fingerprint density at radius 3 is 2.40 bits per heavy atom. The maximum Gasteiger partial charge on any atom is 0.408 e. The van der Waals surface area contributed by atoms with Gasteiger partial charge in [-0.1, -0.05) is 24.3 Å². The molecule has 0 radical (unpaired) electrons. The normalized spacial score (nSPS) is 10.7. The molecule has 0 aliphatic heterocycles. The van der Waals surface area contributed by atoms with Gasteiger partial charge in [-0.05, 0) is 50.6 Å². The van der Waals surface area contributed by atoms with Gasteiger partial charge in [-0.3, -0.25) is 9.59 Å². The van der Waals surface area contributed by atoms with Crippen LogP contribution in [0.5, 0.6) is 5.75 Å². The van der Waals surface area contributed by atoms with Gasteiger partial charge in [-0.2, -0.15) is 0 Å². The van der Waals surface area contributed by atoms with Gasteiger partial charge >= 0.3 is 6.09 Å². The molecule has 0 aliphatic rings. The third-order valence-electron chi connectivity index (χ3n) is 3.82. The van der Waals surface area contributed by atoms with Crippen molar-refractivity contribution in [2.24, 2.45) is 0 Å². The number of ether oxygens (including phenoxy) is 2. The van der Waals surface area contributed by atoms with E-state index in [9.17, 15) is 14.4 Å². The minimum absolute atomic E-state index is 0.195. The monoisotopic (exact) mass is 413 g/mol. The number of anilines is 1. The quantitative estimate of drug-likeness (QED) is 0.647. The first-order valence-corrected chi connectivity index (χ1v) is 9.45. The van der Waals surface area contributed by atoms with Crippen LogP contribution in [0.3, 0.4) is 0 Å². The van der Waals surface area contributed by atoms with E-state index in [1.54, 1.807) is 63.2 Å². The second-order valence-electron chi connectivity index (χ2n) is 7.49. The average Bonchev–Trinajstić information content (AvgIpc) is 2.69. The van der Waals surface area contributed by atoms with Gasteiger partial charge in [0.25, 0.3) is 5.91 Å². The number of hydrogen-bond donors (Lipinski definition) is 3. The summed E-state index contributed by atoms with van der Waals surface area (Å²) in [6, 6.07) is 14.0. The number of rotatable bonds is 7. The zero-order valence-electron chi connectivity index (χ0n) is 17.6. The molecule has 0 aliphatic carbocycles. The van der Waals surface area contributed by atoms with Crippen molar-refractivity contribution in [2.45, 2.75) is 32.9 Å². The van der Waals surface area contributed by atoms with Gasteiger partial charge in [-0.15, -0.1) is 0 Å². The largest absolute Gasteiger partial charge is 0.496 e. The molecule has 0 bridgehead atoms. The van der Waals surface area contributed by atoms with Crippen molar-refractivity contribution in [3.05, 3.63) is 59.7 Å². The van der Waals surface area contributed by atoms with E-state index in [0.29, 0.717) is 17.0 Å². The van der Waals surface area contributed by atoms with Crippen LogP contribution in [0.15, 0.2) is 48.5 Å². The smallest absolute Gasteiger partial charge is 0.408 e. The number of carbonyl (C=O) groups is 3. The number of nitrogens with one attached hydrogen (secondary N) is 3. The summed E-state index contributed by atoms with van der Waals surface area (Å²) in [7, 11) is 1.51. The summed E-state index contributed by atoms with van der Waals surface area (Å²) in [6.07, 6.45) is -0.654. The molecule has 0 spiro atoms. The molecule has 0 heterocycles. The number of benzene rings is 2. The Labute approximate surface area is 175 Å². The van der Waals surface area contributed by atoms with Crippen molar-refractivity contribution < 1.29 is 23.9 Å². The summed E-state index contributed by atoms with van der Waals surface area (Å²) in [5, 5.41) is 7.92. The molecule has 2 aromatic carbocycles. The van der Waals surface area contributed by atoms with E-state index in [4.69, 9.17) is 9.47 Å². The van der Waals surface area contributed by atoms with Crippen LogP contribution in [0.2, 0.25) is 0 Å². The van der Waals surface area contributed by atoms with Crippen LogP contribution in [0.1, 0.15) is 36.7 Å². The molecule has 3 amide bonds. The van der Waals surface area contributed by atoms with Gasteiger partial charge in [-0.25, -0.2) is 4.79 Å². The fourth-order valence-electron chi connectivity index (χ4n) is 2.52. The topological polar surface area (TPSA) is 106 Å². The number of hydrogen-bond acceptors (Lipinski definition) is 5. The molecular weight excluding hydrogens is 386 g/mol. The van der Waals surface area contributed by atoms with Gasteiger partial charge in [0, 0.05) is 12.2 Å². The summed E-state index contributed by atoms with van der Waals surface area (Å²) in [6.45, 7) is 5.28. The van der Waals surface area contributed by atoms with Crippen LogP contribution < -0.4 is 20.7 Å². The fraction of sp³-hybridized carbons (Fsp3) is 0.318. The zero-order chi connectivity index (χ0) is 22.1. The summed E-state index contributed by atoms with van der Waals surface area (Å²) < 4.78 is 10.3. The Bertz CT molecular complexity index is 906. The van der Waals surface area contributed by atoms with Crippen molar-refractivity contribution in [3.8, 4) is 5.75 Å². The number of para-hydroxylation sites is 1. The van der Waals surface area contributed by atoms with Crippen molar-refractivity contribution in [1.82, 2.24) is 10.6 Å². The molecule has 0 saturated heterocycles. The van der Waals surface area contributed by atoms with E-state index in [-0.39, 0.29) is 24.9 Å². The third kappa shape index (κ3) is 7.46. The van der Waals surface area contributed by atoms with Crippen molar-refractivity contribution >= 4 is 23.6 Å². The lowest BCUT2D eigenvalue weighted by atomic mass is 10.1. The molecule has 0 atom stereocenters. The standard InChI is InChI=1S/C22H27N3O5/c1-22(2,3)30-21(28)24-14-19(26)23-13-15-8-7-9-16(12-15)25-20(27)17-10-5-6-11-18(17)29-4/h5-12H,13-14H2,1-4H3,(H,23,26)(H,24,28)(H,25,27). The highest BCUT2D eigenvalue weighted by Crippen LogP contribution is 2.19. The summed E-state index contributed by atoms with van der Waals surface area (Å²) in [5.74, 6) is -0.171.